The normalized spacial score (nSPS) is 11.1. The van der Waals surface area contributed by atoms with Crippen molar-refractivity contribution in [3.63, 3.8) is 0 Å². The fraction of sp³-hybridized carbons (Fsp3) is 0.150. The molecule has 29 heavy (non-hydrogen) atoms. The largest absolute Gasteiger partial charge is 0.455 e. The van der Waals surface area contributed by atoms with Gasteiger partial charge in [0, 0.05) is 16.8 Å². The Morgan fingerprint density at radius 1 is 1.10 bits per heavy atom. The van der Waals surface area contributed by atoms with Crippen LogP contribution >= 0.6 is 22.9 Å². The van der Waals surface area contributed by atoms with Crippen molar-refractivity contribution in [2.75, 3.05) is 4.72 Å². The van der Waals surface area contributed by atoms with E-state index in [4.69, 9.17) is 16.3 Å². The molecule has 1 heterocycles. The fourth-order valence-corrected chi connectivity index (χ4v) is 4.94. The minimum atomic E-state index is -3.85. The monoisotopic (exact) mass is 450 g/mol. The zero-order valence-corrected chi connectivity index (χ0v) is 18.1. The summed E-state index contributed by atoms with van der Waals surface area (Å²) in [5, 5.41) is 3.01. The van der Waals surface area contributed by atoms with Gasteiger partial charge in [-0.3, -0.25) is 9.52 Å². The number of benzene rings is 2. The number of carbonyl (C=O) groups excluding carboxylic acids is 1. The van der Waals surface area contributed by atoms with Crippen molar-refractivity contribution in [1.29, 1.82) is 0 Å². The Bertz CT molecular complexity index is 1130. The lowest BCUT2D eigenvalue weighted by Crippen LogP contribution is -2.18. The van der Waals surface area contributed by atoms with E-state index in [1.807, 2.05) is 19.1 Å². The predicted molar refractivity (Wildman–Crippen MR) is 115 cm³/mol. The van der Waals surface area contributed by atoms with Crippen molar-refractivity contribution in [2.24, 2.45) is 0 Å². The zero-order valence-electron chi connectivity index (χ0n) is 15.7. The van der Waals surface area contributed by atoms with E-state index in [0.717, 1.165) is 21.8 Å². The number of nitrogens with one attached hydrogen (secondary N) is 2. The molecular weight excluding hydrogens is 432 g/mol. The van der Waals surface area contributed by atoms with E-state index in [-0.39, 0.29) is 22.3 Å². The number of amides is 1. The van der Waals surface area contributed by atoms with Gasteiger partial charge in [-0.05, 0) is 49.4 Å². The Balaban J connectivity index is 1.83. The van der Waals surface area contributed by atoms with E-state index in [2.05, 4.69) is 10.0 Å². The molecule has 0 aliphatic heterocycles. The van der Waals surface area contributed by atoms with Crippen molar-refractivity contribution in [1.82, 2.24) is 5.32 Å². The van der Waals surface area contributed by atoms with Crippen molar-refractivity contribution in [3.8, 4) is 11.5 Å². The van der Waals surface area contributed by atoms with Crippen LogP contribution in [0.1, 0.15) is 17.4 Å². The molecule has 9 heteroatoms. The highest BCUT2D eigenvalue weighted by Crippen LogP contribution is 2.34. The maximum absolute atomic E-state index is 12.8. The number of aryl methyl sites for hydroxylation is 1. The maximum atomic E-state index is 12.8. The summed E-state index contributed by atoms with van der Waals surface area (Å²) in [4.78, 5) is 11.8. The van der Waals surface area contributed by atoms with Gasteiger partial charge in [0.25, 0.3) is 10.0 Å². The number of rotatable bonds is 7. The van der Waals surface area contributed by atoms with Gasteiger partial charge in [0.2, 0.25) is 5.91 Å². The van der Waals surface area contributed by atoms with Gasteiger partial charge in [0.1, 0.15) is 9.96 Å². The SMILES string of the molecule is CC(=O)NCc1ccc(S(=O)(=O)Nc2cc(Cl)ccc2Oc2ccc(C)cc2)s1. The molecule has 0 saturated heterocycles. The third-order valence-corrected chi connectivity index (χ3v) is 7.03. The highest BCUT2D eigenvalue weighted by Gasteiger charge is 2.20. The summed E-state index contributed by atoms with van der Waals surface area (Å²) >= 11 is 7.14. The van der Waals surface area contributed by atoms with Gasteiger partial charge >= 0.3 is 0 Å². The van der Waals surface area contributed by atoms with E-state index in [0.29, 0.717) is 16.5 Å². The fourth-order valence-electron chi connectivity index (χ4n) is 2.41. The van der Waals surface area contributed by atoms with E-state index in [1.54, 1.807) is 30.3 Å². The maximum Gasteiger partial charge on any atom is 0.271 e. The zero-order chi connectivity index (χ0) is 21.0. The molecule has 0 radical (unpaired) electrons. The lowest BCUT2D eigenvalue weighted by molar-refractivity contribution is -0.119. The number of thiophene rings is 1. The minimum Gasteiger partial charge on any atom is -0.455 e. The molecule has 6 nitrogen and oxygen atoms in total. The van der Waals surface area contributed by atoms with Gasteiger partial charge in [-0.15, -0.1) is 11.3 Å². The van der Waals surface area contributed by atoms with E-state index < -0.39 is 10.0 Å². The number of sulfonamides is 1. The molecule has 0 aliphatic carbocycles. The van der Waals surface area contributed by atoms with Crippen LogP contribution < -0.4 is 14.8 Å². The molecule has 2 aromatic carbocycles. The second kappa shape index (κ2) is 8.86. The molecule has 0 fully saturated rings. The van der Waals surface area contributed by atoms with Gasteiger partial charge in [0.15, 0.2) is 5.75 Å². The van der Waals surface area contributed by atoms with E-state index in [1.165, 1.54) is 19.1 Å². The standard InChI is InChI=1S/C20H19ClN2O4S2/c1-13-3-6-16(7-4-13)27-19-9-5-15(21)11-18(19)23-29(25,26)20-10-8-17(28-20)12-22-14(2)24/h3-11,23H,12H2,1-2H3,(H,22,24). The Morgan fingerprint density at radius 3 is 2.52 bits per heavy atom. The Labute approximate surface area is 178 Å². The van der Waals surface area contributed by atoms with E-state index >= 15 is 0 Å². The number of anilines is 1. The van der Waals surface area contributed by atoms with Crippen LogP contribution in [0, 0.1) is 6.92 Å². The second-order valence-electron chi connectivity index (χ2n) is 6.29. The molecule has 0 saturated carbocycles. The van der Waals surface area contributed by atoms with Crippen molar-refractivity contribution < 1.29 is 17.9 Å². The second-order valence-corrected chi connectivity index (χ2v) is 9.81. The molecule has 3 rings (SSSR count). The van der Waals surface area contributed by atoms with Crippen LogP contribution in [0.5, 0.6) is 11.5 Å². The topological polar surface area (TPSA) is 84.5 Å². The number of halogens is 1. The summed E-state index contributed by atoms with van der Waals surface area (Å²) in [7, 11) is -3.85. The predicted octanol–water partition coefficient (Wildman–Crippen LogP) is 4.94. The van der Waals surface area contributed by atoms with Crippen LogP contribution in [0.15, 0.2) is 58.8 Å². The average molecular weight is 451 g/mol. The van der Waals surface area contributed by atoms with Gasteiger partial charge in [0.05, 0.1) is 12.2 Å². The highest BCUT2D eigenvalue weighted by atomic mass is 35.5. The summed E-state index contributed by atoms with van der Waals surface area (Å²) in [6.45, 7) is 3.64. The first-order valence-corrected chi connectivity index (χ1v) is 11.3. The van der Waals surface area contributed by atoms with Crippen LogP contribution in [-0.4, -0.2) is 14.3 Å². The molecule has 1 aromatic heterocycles. The van der Waals surface area contributed by atoms with Gasteiger partial charge in [-0.1, -0.05) is 29.3 Å². The molecule has 0 unspecified atom stereocenters. The molecule has 1 amide bonds. The number of carbonyl (C=O) groups is 1. The quantitative estimate of drug-likeness (QED) is 0.534. The summed E-state index contributed by atoms with van der Waals surface area (Å²) in [5.74, 6) is 0.724. The molecule has 0 atom stereocenters. The van der Waals surface area contributed by atoms with Gasteiger partial charge in [-0.25, -0.2) is 8.42 Å². The molecular formula is C20H19ClN2O4S2. The number of ether oxygens (including phenoxy) is 1. The summed E-state index contributed by atoms with van der Waals surface area (Å²) < 4.78 is 34.2. The van der Waals surface area contributed by atoms with E-state index in [9.17, 15) is 13.2 Å². The van der Waals surface area contributed by atoms with Crippen LogP contribution in [0.3, 0.4) is 0 Å². The van der Waals surface area contributed by atoms with Crippen LogP contribution in [0.4, 0.5) is 5.69 Å². The van der Waals surface area contributed by atoms with Gasteiger partial charge in [-0.2, -0.15) is 0 Å². The van der Waals surface area contributed by atoms with Crippen molar-refractivity contribution >= 4 is 44.6 Å². The van der Waals surface area contributed by atoms with Crippen LogP contribution in [0.25, 0.3) is 0 Å². The Morgan fingerprint density at radius 2 is 1.83 bits per heavy atom. The molecule has 0 spiro atoms. The summed E-state index contributed by atoms with van der Waals surface area (Å²) in [5.41, 5.74) is 1.32. The summed E-state index contributed by atoms with van der Waals surface area (Å²) in [6, 6.07) is 15.3. The Kier molecular flexibility index (Phi) is 6.46. The molecule has 0 bridgehead atoms. The third kappa shape index (κ3) is 5.72. The number of hydrogen-bond acceptors (Lipinski definition) is 5. The van der Waals surface area contributed by atoms with Crippen molar-refractivity contribution in [2.45, 2.75) is 24.6 Å². The first kappa shape index (κ1) is 21.2. The smallest absolute Gasteiger partial charge is 0.271 e. The first-order chi connectivity index (χ1) is 13.7. The molecule has 0 aliphatic rings. The highest BCUT2D eigenvalue weighted by molar-refractivity contribution is 7.94. The summed E-state index contributed by atoms with van der Waals surface area (Å²) in [6.07, 6.45) is 0. The molecule has 3 aromatic rings. The average Bonchev–Trinajstić information content (AvgIpc) is 3.14. The van der Waals surface area contributed by atoms with Crippen LogP contribution in [0.2, 0.25) is 5.02 Å². The third-order valence-electron chi connectivity index (χ3n) is 3.85. The molecule has 2 N–H and O–H groups in total. The minimum absolute atomic E-state index is 0.124. The lowest BCUT2D eigenvalue weighted by atomic mass is 10.2. The van der Waals surface area contributed by atoms with Crippen molar-refractivity contribution in [3.05, 3.63) is 70.1 Å². The Hall–Kier alpha value is -2.55. The lowest BCUT2D eigenvalue weighted by Gasteiger charge is -2.13. The first-order valence-electron chi connectivity index (χ1n) is 8.63. The molecule has 152 valence electrons. The van der Waals surface area contributed by atoms with Gasteiger partial charge < -0.3 is 10.1 Å². The number of hydrogen-bond donors (Lipinski definition) is 2. The van der Waals surface area contributed by atoms with Crippen LogP contribution in [-0.2, 0) is 21.4 Å².